The molecule has 0 unspecified atom stereocenters. The van der Waals surface area contributed by atoms with Gasteiger partial charge in [0.1, 0.15) is 0 Å². The summed E-state index contributed by atoms with van der Waals surface area (Å²) in [7, 11) is 0. The lowest BCUT2D eigenvalue weighted by Gasteiger charge is -2.32. The molecule has 0 amide bonds. The van der Waals surface area contributed by atoms with Gasteiger partial charge in [0.2, 0.25) is 0 Å². The van der Waals surface area contributed by atoms with E-state index in [0.29, 0.717) is 5.56 Å². The molecule has 3 heteroatoms. The number of rotatable bonds is 9. The van der Waals surface area contributed by atoms with Crippen LogP contribution in [0.1, 0.15) is 27.7 Å². The maximum atomic E-state index is 10.2. The first-order valence-electron chi connectivity index (χ1n) is 29.3. The minimum atomic E-state index is -0.628. The number of benzene rings is 13. The van der Waals surface area contributed by atoms with E-state index in [4.69, 9.17) is 0 Å². The Hall–Kier alpha value is -10.5. The van der Waals surface area contributed by atoms with Gasteiger partial charge in [0.05, 0.1) is 33.3 Å². The molecule has 14 aromatic rings. The zero-order chi connectivity index (χ0) is 56.2. The molecule has 2 aliphatic carbocycles. The molecule has 1 spiro atoms. The van der Waals surface area contributed by atoms with Crippen molar-refractivity contribution in [2.75, 3.05) is 9.80 Å². The number of aromatic nitrogens is 1. The monoisotopic (exact) mass is 1020 g/mol. The van der Waals surface area contributed by atoms with E-state index in [-0.39, 0.29) is 35.4 Å². The van der Waals surface area contributed by atoms with Gasteiger partial charge in [-0.2, -0.15) is 0 Å². The highest BCUT2D eigenvalue weighted by Gasteiger charge is 2.51. The van der Waals surface area contributed by atoms with E-state index in [9.17, 15) is 5.48 Å². The number of anilines is 6. The van der Waals surface area contributed by atoms with Gasteiger partial charge in [-0.1, -0.05) is 230 Å². The fourth-order valence-electron chi connectivity index (χ4n) is 13.4. The van der Waals surface area contributed by atoms with Crippen LogP contribution in [0.15, 0.2) is 309 Å². The number of nitrogens with zero attached hydrogens (tertiary/aromatic N) is 3. The van der Waals surface area contributed by atoms with Crippen molar-refractivity contribution in [1.29, 1.82) is 0 Å². The molecule has 1 aromatic heterocycles. The summed E-state index contributed by atoms with van der Waals surface area (Å²) in [5, 5.41) is 3.99. The molecule has 0 saturated heterocycles. The number of hydrogen-bond acceptors (Lipinski definition) is 2. The van der Waals surface area contributed by atoms with Gasteiger partial charge in [0.25, 0.3) is 0 Å². The van der Waals surface area contributed by atoms with Crippen molar-refractivity contribution in [3.63, 3.8) is 0 Å². The fourth-order valence-corrected chi connectivity index (χ4v) is 13.4. The fraction of sp³-hybridized carbons (Fsp3) is 0.0130. The third-order valence-corrected chi connectivity index (χ3v) is 16.7. The van der Waals surface area contributed by atoms with Crippen LogP contribution in [0.2, 0.25) is 0 Å². The SMILES string of the molecule is [2H]c1c([2H])c(N(c2ccccc2)c2ccc3c(c2)C2(c4ccccc4-c4ccccc42)c2ccccc2-3)c([2H])c([2H])c1-c1cccc2c(N(c3ccc4c5ccccc5n(-c5ccccc5)c4c3)c3ccccc3-c3ccccc3)cccc12. The predicted octanol–water partition coefficient (Wildman–Crippen LogP) is 20.6. The normalized spacial score (nSPS) is 13.3. The van der Waals surface area contributed by atoms with Crippen molar-refractivity contribution < 1.29 is 5.48 Å². The zero-order valence-corrected chi connectivity index (χ0v) is 43.5. The molecule has 2 aliphatic rings. The molecular formula is C77H51N3. The summed E-state index contributed by atoms with van der Waals surface area (Å²) in [5.41, 5.74) is 19.5. The van der Waals surface area contributed by atoms with Crippen LogP contribution >= 0.6 is 0 Å². The Morgan fingerprint density at radius 2 is 0.775 bits per heavy atom. The molecule has 16 rings (SSSR count). The summed E-state index contributed by atoms with van der Waals surface area (Å²) in [4.78, 5) is 4.25. The van der Waals surface area contributed by atoms with Crippen molar-refractivity contribution in [2.24, 2.45) is 0 Å². The number of hydrogen-bond donors (Lipinski definition) is 0. The van der Waals surface area contributed by atoms with Crippen LogP contribution in [-0.4, -0.2) is 4.57 Å². The van der Waals surface area contributed by atoms with Gasteiger partial charge in [0.15, 0.2) is 0 Å². The topological polar surface area (TPSA) is 11.4 Å². The van der Waals surface area contributed by atoms with E-state index in [2.05, 4.69) is 228 Å². The Kier molecular flexibility index (Phi) is 9.55. The molecule has 0 atom stereocenters. The molecule has 80 heavy (non-hydrogen) atoms. The molecule has 0 saturated carbocycles. The van der Waals surface area contributed by atoms with E-state index < -0.39 is 5.41 Å². The van der Waals surface area contributed by atoms with Gasteiger partial charge in [-0.05, 0) is 145 Å². The highest BCUT2D eigenvalue weighted by atomic mass is 15.2. The van der Waals surface area contributed by atoms with Crippen molar-refractivity contribution in [3.8, 4) is 50.2 Å². The van der Waals surface area contributed by atoms with Crippen LogP contribution in [0.3, 0.4) is 0 Å². The first kappa shape index (κ1) is 41.7. The Morgan fingerprint density at radius 1 is 0.275 bits per heavy atom. The molecule has 0 fully saturated rings. The standard InChI is InChI=1S/C77H51N3/c1-4-22-52(23-5-1)60-28-13-18-39-73(60)80(58-47-49-68-67-32-14-19-40-74(67)79(76(68)51-58)55-26-8-3-9-27-55)75-41-21-34-61-59(33-20-35-66(61)75)53-42-44-56(45-43-53)78(54-24-6-2-7-25-54)57-46-48-65-64-31-12-17-38-71(64)77(72(65)50-57)69-36-15-10-29-62(69)63-30-11-16-37-70(63)77/h1-51H/i42D,43D,44D,45D. The van der Waals surface area contributed by atoms with Crippen LogP contribution in [0.5, 0.6) is 0 Å². The first-order chi connectivity index (χ1) is 41.4. The molecule has 13 aromatic carbocycles. The maximum absolute atomic E-state index is 10.2. The van der Waals surface area contributed by atoms with Gasteiger partial charge in [-0.25, -0.2) is 0 Å². The largest absolute Gasteiger partial charge is 0.310 e. The zero-order valence-electron chi connectivity index (χ0n) is 47.5. The van der Waals surface area contributed by atoms with Crippen molar-refractivity contribution in [3.05, 3.63) is 332 Å². The number of fused-ring (bicyclic) bond motifs is 14. The average molecular weight is 1020 g/mol. The summed E-state index contributed by atoms with van der Waals surface area (Å²) in [6.45, 7) is 0. The quantitative estimate of drug-likeness (QED) is 0.143. The minimum absolute atomic E-state index is 0.126. The van der Waals surface area contributed by atoms with Crippen LogP contribution < -0.4 is 9.80 Å². The number of para-hydroxylation sites is 4. The first-order valence-corrected chi connectivity index (χ1v) is 27.3. The van der Waals surface area contributed by atoms with E-state index >= 15 is 0 Å². The van der Waals surface area contributed by atoms with Gasteiger partial charge < -0.3 is 14.4 Å². The van der Waals surface area contributed by atoms with Gasteiger partial charge >= 0.3 is 0 Å². The second-order valence-corrected chi connectivity index (χ2v) is 20.8. The van der Waals surface area contributed by atoms with Gasteiger partial charge in [-0.3, -0.25) is 0 Å². The highest BCUT2D eigenvalue weighted by molar-refractivity contribution is 6.12. The molecule has 3 nitrogen and oxygen atoms in total. The van der Waals surface area contributed by atoms with E-state index in [1.807, 2.05) is 71.6 Å². The van der Waals surface area contributed by atoms with Crippen molar-refractivity contribution in [1.82, 2.24) is 4.57 Å². The third kappa shape index (κ3) is 6.87. The van der Waals surface area contributed by atoms with Crippen LogP contribution in [0.4, 0.5) is 34.1 Å². The average Bonchev–Trinajstić information content (AvgIpc) is 1.57. The lowest BCUT2D eigenvalue weighted by Crippen LogP contribution is -2.26. The molecular weight excluding hydrogens is 967 g/mol. The summed E-state index contributed by atoms with van der Waals surface area (Å²) >= 11 is 0. The second-order valence-electron chi connectivity index (χ2n) is 20.8. The van der Waals surface area contributed by atoms with Gasteiger partial charge in [0, 0.05) is 50.2 Å². The second kappa shape index (κ2) is 18.3. The molecule has 0 N–H and O–H groups in total. The van der Waals surface area contributed by atoms with Crippen LogP contribution in [0, 0.1) is 0 Å². The Balaban J connectivity index is 0.886. The summed E-state index contributed by atoms with van der Waals surface area (Å²) in [6.07, 6.45) is 0. The molecule has 1 heterocycles. The Morgan fingerprint density at radius 3 is 1.49 bits per heavy atom. The molecule has 0 radical (unpaired) electrons. The lowest BCUT2D eigenvalue weighted by molar-refractivity contribution is 0.793. The highest BCUT2D eigenvalue weighted by Crippen LogP contribution is 2.63. The lowest BCUT2D eigenvalue weighted by atomic mass is 9.70. The van der Waals surface area contributed by atoms with E-state index in [1.165, 1.54) is 38.8 Å². The summed E-state index contributed by atoms with van der Waals surface area (Å²) < 4.78 is 42.9. The van der Waals surface area contributed by atoms with Crippen LogP contribution in [-0.2, 0) is 5.41 Å². The van der Waals surface area contributed by atoms with E-state index in [1.54, 1.807) is 0 Å². The van der Waals surface area contributed by atoms with Crippen LogP contribution in [0.25, 0.3) is 82.8 Å². The van der Waals surface area contributed by atoms with Gasteiger partial charge in [-0.15, -0.1) is 0 Å². The third-order valence-electron chi connectivity index (χ3n) is 16.7. The summed E-state index contributed by atoms with van der Waals surface area (Å²) in [5.74, 6) is 0. The van der Waals surface area contributed by atoms with Crippen molar-refractivity contribution in [2.45, 2.75) is 5.41 Å². The van der Waals surface area contributed by atoms with E-state index in [0.717, 1.165) is 83.6 Å². The smallest absolute Gasteiger partial charge is 0.0726 e. The Labute approximate surface area is 471 Å². The summed E-state index contributed by atoms with van der Waals surface area (Å²) in [6, 6.07) is 99.0. The Bertz CT molecular complexity index is 4880. The van der Waals surface area contributed by atoms with Crippen molar-refractivity contribution >= 4 is 66.7 Å². The minimum Gasteiger partial charge on any atom is -0.310 e. The molecule has 0 aliphatic heterocycles. The molecule has 374 valence electrons. The predicted molar refractivity (Wildman–Crippen MR) is 335 cm³/mol. The molecule has 0 bridgehead atoms. The maximum Gasteiger partial charge on any atom is 0.0726 e.